The van der Waals surface area contributed by atoms with Crippen LogP contribution in [0, 0.1) is 5.92 Å². The first kappa shape index (κ1) is 13.0. The maximum Gasteiger partial charge on any atom is 0.115 e. The first-order valence-corrected chi connectivity index (χ1v) is 6.18. The highest BCUT2D eigenvalue weighted by molar-refractivity contribution is 5.27. The zero-order valence-electron chi connectivity index (χ0n) is 10.5. The summed E-state index contributed by atoms with van der Waals surface area (Å²) in [5.74, 6) is 0.952. The van der Waals surface area contributed by atoms with E-state index in [1.807, 2.05) is 12.1 Å². The summed E-state index contributed by atoms with van der Waals surface area (Å²) in [6.45, 7) is 7.64. The molecule has 2 nitrogen and oxygen atoms in total. The minimum atomic E-state index is 0.362. The lowest BCUT2D eigenvalue weighted by Gasteiger charge is -2.23. The first-order chi connectivity index (χ1) is 7.67. The normalized spacial score (nSPS) is 14.7. The Labute approximate surface area is 98.7 Å². The van der Waals surface area contributed by atoms with Crippen LogP contribution in [0.4, 0.5) is 0 Å². The molecular formula is C14H23NO. The van der Waals surface area contributed by atoms with Crippen LogP contribution >= 0.6 is 0 Å². The van der Waals surface area contributed by atoms with Crippen molar-refractivity contribution in [1.29, 1.82) is 0 Å². The average molecular weight is 221 g/mol. The van der Waals surface area contributed by atoms with E-state index in [0.717, 1.165) is 19.4 Å². The van der Waals surface area contributed by atoms with E-state index in [9.17, 15) is 5.11 Å². The summed E-state index contributed by atoms with van der Waals surface area (Å²) in [5, 5.41) is 12.9. The molecule has 2 atom stereocenters. The summed E-state index contributed by atoms with van der Waals surface area (Å²) in [5.41, 5.74) is 1.21. The number of aromatic hydroxyl groups is 1. The van der Waals surface area contributed by atoms with Gasteiger partial charge in [0.15, 0.2) is 0 Å². The molecular weight excluding hydrogens is 198 g/mol. The predicted molar refractivity (Wildman–Crippen MR) is 68.7 cm³/mol. The predicted octanol–water partition coefficient (Wildman–Crippen LogP) is 2.96. The minimum Gasteiger partial charge on any atom is -0.508 e. The molecule has 1 aromatic rings. The van der Waals surface area contributed by atoms with Crippen molar-refractivity contribution in [3.63, 3.8) is 0 Å². The molecule has 0 saturated carbocycles. The lowest BCUT2D eigenvalue weighted by Crippen LogP contribution is -2.35. The quantitative estimate of drug-likeness (QED) is 0.774. The number of phenolic OH excluding ortho intramolecular Hbond substituents is 1. The molecule has 1 aromatic carbocycles. The van der Waals surface area contributed by atoms with Gasteiger partial charge in [-0.2, -0.15) is 0 Å². The molecule has 16 heavy (non-hydrogen) atoms. The van der Waals surface area contributed by atoms with Gasteiger partial charge in [-0.05, 0) is 43.0 Å². The maximum absolute atomic E-state index is 9.41. The Hall–Kier alpha value is -1.02. The molecule has 0 bridgehead atoms. The van der Waals surface area contributed by atoms with E-state index in [1.54, 1.807) is 6.07 Å². The van der Waals surface area contributed by atoms with E-state index in [4.69, 9.17) is 0 Å². The van der Waals surface area contributed by atoms with Gasteiger partial charge in [0.2, 0.25) is 0 Å². The molecule has 0 heterocycles. The first-order valence-electron chi connectivity index (χ1n) is 6.18. The summed E-state index contributed by atoms with van der Waals surface area (Å²) in [6, 6.07) is 8.12. The van der Waals surface area contributed by atoms with Crippen molar-refractivity contribution in [3.05, 3.63) is 29.8 Å². The highest BCUT2D eigenvalue weighted by Gasteiger charge is 2.14. The maximum atomic E-state index is 9.41. The van der Waals surface area contributed by atoms with Gasteiger partial charge in [0.05, 0.1) is 0 Å². The van der Waals surface area contributed by atoms with Crippen LogP contribution in [0.25, 0.3) is 0 Å². The monoisotopic (exact) mass is 221 g/mol. The van der Waals surface area contributed by atoms with Crippen molar-refractivity contribution >= 4 is 0 Å². The van der Waals surface area contributed by atoms with Crippen molar-refractivity contribution in [2.45, 2.75) is 39.7 Å². The number of nitrogens with one attached hydrogen (secondary N) is 1. The Kier molecular flexibility index (Phi) is 5.33. The van der Waals surface area contributed by atoms with Crippen LogP contribution in [0.1, 0.15) is 32.8 Å². The second-order valence-corrected chi connectivity index (χ2v) is 4.42. The van der Waals surface area contributed by atoms with E-state index in [1.165, 1.54) is 5.56 Å². The van der Waals surface area contributed by atoms with E-state index >= 15 is 0 Å². The average Bonchev–Trinajstić information content (AvgIpc) is 2.25. The van der Waals surface area contributed by atoms with Crippen molar-refractivity contribution in [2.75, 3.05) is 6.54 Å². The van der Waals surface area contributed by atoms with E-state index in [0.29, 0.717) is 17.7 Å². The van der Waals surface area contributed by atoms with Gasteiger partial charge in [-0.25, -0.2) is 0 Å². The lowest BCUT2D eigenvalue weighted by molar-refractivity contribution is 0.370. The van der Waals surface area contributed by atoms with Crippen molar-refractivity contribution in [2.24, 2.45) is 5.92 Å². The fraction of sp³-hybridized carbons (Fsp3) is 0.571. The van der Waals surface area contributed by atoms with Gasteiger partial charge in [0.1, 0.15) is 5.75 Å². The molecule has 2 N–H and O–H groups in total. The molecule has 0 aliphatic rings. The standard InChI is InChI=1S/C14H23NO/c1-4-14(15-5-2)11(3)9-12-7-6-8-13(16)10-12/h6-8,10-11,14-16H,4-5,9H2,1-3H3. The van der Waals surface area contributed by atoms with Crippen molar-refractivity contribution in [1.82, 2.24) is 5.32 Å². The van der Waals surface area contributed by atoms with Gasteiger partial charge < -0.3 is 10.4 Å². The second kappa shape index (κ2) is 6.54. The smallest absolute Gasteiger partial charge is 0.115 e. The molecule has 90 valence electrons. The van der Waals surface area contributed by atoms with Crippen molar-refractivity contribution in [3.8, 4) is 5.75 Å². The Morgan fingerprint density at radius 3 is 2.62 bits per heavy atom. The zero-order chi connectivity index (χ0) is 12.0. The number of benzene rings is 1. The van der Waals surface area contributed by atoms with Crippen LogP contribution in [-0.4, -0.2) is 17.7 Å². The van der Waals surface area contributed by atoms with Gasteiger partial charge in [-0.3, -0.25) is 0 Å². The SMILES string of the molecule is CCNC(CC)C(C)Cc1cccc(O)c1. The molecule has 0 fully saturated rings. The van der Waals surface area contributed by atoms with Crippen LogP contribution in [0.15, 0.2) is 24.3 Å². The van der Waals surface area contributed by atoms with Gasteiger partial charge in [0, 0.05) is 6.04 Å². The summed E-state index contributed by atoms with van der Waals surface area (Å²) in [6.07, 6.45) is 2.16. The molecule has 0 spiro atoms. The fourth-order valence-electron chi connectivity index (χ4n) is 2.21. The molecule has 2 heteroatoms. The topological polar surface area (TPSA) is 32.3 Å². The van der Waals surface area contributed by atoms with Gasteiger partial charge >= 0.3 is 0 Å². The molecule has 0 aliphatic carbocycles. The van der Waals surface area contributed by atoms with Crippen LogP contribution in [0.5, 0.6) is 5.75 Å². The van der Waals surface area contributed by atoms with Crippen molar-refractivity contribution < 1.29 is 5.11 Å². The third-order valence-electron chi connectivity index (χ3n) is 3.06. The highest BCUT2D eigenvalue weighted by Crippen LogP contribution is 2.17. The Morgan fingerprint density at radius 2 is 2.06 bits per heavy atom. The number of hydrogen-bond donors (Lipinski definition) is 2. The summed E-state index contributed by atoms with van der Waals surface area (Å²) >= 11 is 0. The van der Waals surface area contributed by atoms with Gasteiger partial charge in [-0.15, -0.1) is 0 Å². The Balaban J connectivity index is 2.58. The molecule has 0 aliphatic heterocycles. The molecule has 0 aromatic heterocycles. The fourth-order valence-corrected chi connectivity index (χ4v) is 2.21. The molecule has 0 saturated heterocycles. The lowest BCUT2D eigenvalue weighted by atomic mass is 9.92. The summed E-state index contributed by atoms with van der Waals surface area (Å²) in [4.78, 5) is 0. The third-order valence-corrected chi connectivity index (χ3v) is 3.06. The Morgan fingerprint density at radius 1 is 1.31 bits per heavy atom. The molecule has 0 amide bonds. The third kappa shape index (κ3) is 3.86. The molecule has 2 unspecified atom stereocenters. The van der Waals surface area contributed by atoms with E-state index < -0.39 is 0 Å². The second-order valence-electron chi connectivity index (χ2n) is 4.42. The van der Waals surface area contributed by atoms with Crippen LogP contribution in [0.2, 0.25) is 0 Å². The largest absolute Gasteiger partial charge is 0.508 e. The van der Waals surface area contributed by atoms with Crippen LogP contribution in [-0.2, 0) is 6.42 Å². The molecule has 1 rings (SSSR count). The molecule has 0 radical (unpaired) electrons. The number of rotatable bonds is 6. The van der Waals surface area contributed by atoms with Gasteiger partial charge in [0.25, 0.3) is 0 Å². The Bertz CT molecular complexity index is 311. The zero-order valence-corrected chi connectivity index (χ0v) is 10.5. The number of phenols is 1. The number of hydrogen-bond acceptors (Lipinski definition) is 2. The van der Waals surface area contributed by atoms with E-state index in [-0.39, 0.29) is 0 Å². The van der Waals surface area contributed by atoms with E-state index in [2.05, 4.69) is 32.2 Å². The highest BCUT2D eigenvalue weighted by atomic mass is 16.3. The van der Waals surface area contributed by atoms with Gasteiger partial charge in [-0.1, -0.05) is 32.9 Å². The van der Waals surface area contributed by atoms with Crippen LogP contribution in [0.3, 0.4) is 0 Å². The minimum absolute atomic E-state index is 0.362. The van der Waals surface area contributed by atoms with Crippen LogP contribution < -0.4 is 5.32 Å². The summed E-state index contributed by atoms with van der Waals surface area (Å²) in [7, 11) is 0. The summed E-state index contributed by atoms with van der Waals surface area (Å²) < 4.78 is 0.